The van der Waals surface area contributed by atoms with Crippen LogP contribution in [0.2, 0.25) is 0 Å². The van der Waals surface area contributed by atoms with Crippen molar-refractivity contribution < 1.29 is 0 Å². The molecule has 0 unspecified atom stereocenters. The molecule has 0 spiro atoms. The lowest BCUT2D eigenvalue weighted by molar-refractivity contribution is 1.37. The highest BCUT2D eigenvalue weighted by molar-refractivity contribution is 7.97. The van der Waals surface area contributed by atoms with Crippen LogP contribution in [0.3, 0.4) is 0 Å². The Morgan fingerprint density at radius 3 is 3.08 bits per heavy atom. The van der Waals surface area contributed by atoms with E-state index in [2.05, 4.69) is 10.5 Å². The van der Waals surface area contributed by atoms with Crippen LogP contribution in [0.5, 0.6) is 0 Å². The van der Waals surface area contributed by atoms with Crippen LogP contribution < -0.4 is 0 Å². The van der Waals surface area contributed by atoms with Gasteiger partial charge in [0.25, 0.3) is 0 Å². The van der Waals surface area contributed by atoms with Crippen molar-refractivity contribution in [3.8, 4) is 0 Å². The molecule has 12 heavy (non-hydrogen) atoms. The summed E-state index contributed by atoms with van der Waals surface area (Å²) < 4.78 is 4.18. The number of rotatable bonds is 1. The molecule has 0 saturated heterocycles. The Morgan fingerprint density at radius 2 is 2.25 bits per heavy atom. The fraction of sp³-hybridized carbons (Fsp3) is 0.111. The number of benzene rings is 1. The lowest BCUT2D eigenvalue weighted by atomic mass is 10.1. The van der Waals surface area contributed by atoms with Crippen molar-refractivity contribution in [1.82, 2.24) is 0 Å². The quantitative estimate of drug-likeness (QED) is 0.517. The van der Waals surface area contributed by atoms with E-state index in [1.54, 1.807) is 0 Å². The smallest absolute Gasteiger partial charge is 0.0963 e. The summed E-state index contributed by atoms with van der Waals surface area (Å²) in [4.78, 5) is 0. The summed E-state index contributed by atoms with van der Waals surface area (Å²) in [6, 6.07) is 8.10. The molecular formula is C9H8N2S. The van der Waals surface area contributed by atoms with E-state index in [4.69, 9.17) is 5.41 Å². The summed E-state index contributed by atoms with van der Waals surface area (Å²) >= 11 is 1.51. The van der Waals surface area contributed by atoms with Crippen LogP contribution in [0, 0.1) is 5.41 Å². The maximum atomic E-state index is 7.16. The second-order valence-corrected chi connectivity index (χ2v) is 3.28. The van der Waals surface area contributed by atoms with Gasteiger partial charge in [-0.25, -0.2) is 4.40 Å². The first kappa shape index (κ1) is 7.55. The zero-order valence-electron chi connectivity index (χ0n) is 6.45. The maximum absolute atomic E-state index is 7.16. The number of hydrogen-bond acceptors (Lipinski definition) is 3. The molecule has 0 atom stereocenters. The van der Waals surface area contributed by atoms with Crippen LogP contribution in [-0.2, 0) is 5.75 Å². The molecule has 1 aliphatic heterocycles. The standard InChI is InChI=1S/C9H8N2S/c10-5-9-8-4-2-1-3-7(8)6-12-11-9/h1-5,10H,6H2. The Kier molecular flexibility index (Phi) is 1.96. The summed E-state index contributed by atoms with van der Waals surface area (Å²) in [7, 11) is 0. The summed E-state index contributed by atoms with van der Waals surface area (Å²) in [6.45, 7) is 0. The van der Waals surface area contributed by atoms with Gasteiger partial charge in [-0.3, -0.25) is 0 Å². The van der Waals surface area contributed by atoms with E-state index in [1.807, 2.05) is 18.2 Å². The van der Waals surface area contributed by atoms with Crippen molar-refractivity contribution >= 4 is 23.9 Å². The summed E-state index contributed by atoms with van der Waals surface area (Å²) in [5, 5.41) is 7.16. The second kappa shape index (κ2) is 3.11. The number of fused-ring (bicyclic) bond motifs is 1. The number of nitrogens with one attached hydrogen (secondary N) is 1. The predicted molar refractivity (Wildman–Crippen MR) is 53.1 cm³/mol. The van der Waals surface area contributed by atoms with Crippen molar-refractivity contribution in [2.24, 2.45) is 4.40 Å². The third-order valence-electron chi connectivity index (χ3n) is 1.81. The third kappa shape index (κ3) is 1.16. The highest BCUT2D eigenvalue weighted by atomic mass is 32.2. The average Bonchev–Trinajstić information content (AvgIpc) is 2.17. The van der Waals surface area contributed by atoms with Gasteiger partial charge in [-0.15, -0.1) is 0 Å². The van der Waals surface area contributed by atoms with Crippen LogP contribution in [0.15, 0.2) is 28.7 Å². The first-order chi connectivity index (χ1) is 5.92. The normalized spacial score (nSPS) is 14.8. The van der Waals surface area contributed by atoms with Crippen LogP contribution in [0.4, 0.5) is 0 Å². The Morgan fingerprint density at radius 1 is 1.42 bits per heavy atom. The molecule has 0 bridgehead atoms. The molecule has 1 N–H and O–H groups in total. The molecule has 3 heteroatoms. The van der Waals surface area contributed by atoms with E-state index in [0.29, 0.717) is 0 Å². The monoisotopic (exact) mass is 176 g/mol. The number of nitrogens with zero attached hydrogens (tertiary/aromatic N) is 1. The van der Waals surface area contributed by atoms with Gasteiger partial charge in [0.2, 0.25) is 0 Å². The molecule has 1 aromatic rings. The van der Waals surface area contributed by atoms with E-state index >= 15 is 0 Å². The minimum atomic E-state index is 0.779. The Labute approximate surface area is 75.4 Å². The molecule has 0 radical (unpaired) electrons. The summed E-state index contributed by atoms with van der Waals surface area (Å²) in [5.41, 5.74) is 3.16. The first-order valence-electron chi connectivity index (χ1n) is 3.70. The maximum Gasteiger partial charge on any atom is 0.0963 e. The largest absolute Gasteiger partial charge is 0.306 e. The molecule has 0 saturated carbocycles. The molecule has 0 aromatic heterocycles. The molecule has 0 fully saturated rings. The predicted octanol–water partition coefficient (Wildman–Crippen LogP) is 2.29. The Balaban J connectivity index is 2.55. The van der Waals surface area contributed by atoms with Crippen molar-refractivity contribution in [2.75, 3.05) is 0 Å². The zero-order valence-corrected chi connectivity index (χ0v) is 7.27. The van der Waals surface area contributed by atoms with Gasteiger partial charge < -0.3 is 5.41 Å². The van der Waals surface area contributed by atoms with E-state index in [0.717, 1.165) is 17.0 Å². The van der Waals surface area contributed by atoms with Gasteiger partial charge in [0.15, 0.2) is 0 Å². The Bertz CT molecular complexity index is 344. The van der Waals surface area contributed by atoms with Gasteiger partial charge in [-0.05, 0) is 17.5 Å². The minimum Gasteiger partial charge on any atom is -0.306 e. The zero-order chi connectivity index (χ0) is 8.39. The highest BCUT2D eigenvalue weighted by Crippen LogP contribution is 2.23. The van der Waals surface area contributed by atoms with E-state index in [-0.39, 0.29) is 0 Å². The summed E-state index contributed by atoms with van der Waals surface area (Å²) in [5.74, 6) is 0.924. The Hall–Kier alpha value is -1.09. The lowest BCUT2D eigenvalue weighted by Gasteiger charge is -2.11. The van der Waals surface area contributed by atoms with Crippen LogP contribution in [0.25, 0.3) is 0 Å². The van der Waals surface area contributed by atoms with E-state index in [9.17, 15) is 0 Å². The molecule has 2 rings (SSSR count). The van der Waals surface area contributed by atoms with Crippen molar-refractivity contribution in [2.45, 2.75) is 5.75 Å². The lowest BCUT2D eigenvalue weighted by Crippen LogP contribution is -2.07. The molecule has 0 aliphatic carbocycles. The summed E-state index contributed by atoms with van der Waals surface area (Å²) in [6.07, 6.45) is 1.31. The molecule has 1 aromatic carbocycles. The first-order valence-corrected chi connectivity index (χ1v) is 4.65. The van der Waals surface area contributed by atoms with Crippen molar-refractivity contribution in [3.63, 3.8) is 0 Å². The second-order valence-electron chi connectivity index (χ2n) is 2.55. The van der Waals surface area contributed by atoms with Crippen LogP contribution in [-0.4, -0.2) is 11.9 Å². The fourth-order valence-corrected chi connectivity index (χ4v) is 1.97. The van der Waals surface area contributed by atoms with Gasteiger partial charge in [-0.2, -0.15) is 0 Å². The van der Waals surface area contributed by atoms with Gasteiger partial charge in [0.1, 0.15) is 0 Å². The van der Waals surface area contributed by atoms with Gasteiger partial charge >= 0.3 is 0 Å². The van der Waals surface area contributed by atoms with E-state index in [1.165, 1.54) is 23.7 Å². The molecule has 1 heterocycles. The SMILES string of the molecule is N=CC1=NSCc2ccccc21. The number of hydrogen-bond donors (Lipinski definition) is 1. The van der Waals surface area contributed by atoms with Crippen molar-refractivity contribution in [3.05, 3.63) is 35.4 Å². The minimum absolute atomic E-state index is 0.779. The molecule has 1 aliphatic rings. The van der Waals surface area contributed by atoms with E-state index < -0.39 is 0 Å². The fourth-order valence-electron chi connectivity index (χ4n) is 1.22. The molecule has 0 amide bonds. The third-order valence-corrected chi connectivity index (χ3v) is 2.58. The van der Waals surface area contributed by atoms with Crippen molar-refractivity contribution in [1.29, 1.82) is 5.41 Å². The van der Waals surface area contributed by atoms with Gasteiger partial charge in [0, 0.05) is 17.5 Å². The van der Waals surface area contributed by atoms with Crippen LogP contribution >= 0.6 is 11.9 Å². The van der Waals surface area contributed by atoms with Gasteiger partial charge in [-0.1, -0.05) is 24.3 Å². The van der Waals surface area contributed by atoms with Crippen LogP contribution in [0.1, 0.15) is 11.1 Å². The molecule has 2 nitrogen and oxygen atoms in total. The molecular weight excluding hydrogens is 168 g/mol. The molecule has 60 valence electrons. The highest BCUT2D eigenvalue weighted by Gasteiger charge is 2.10. The average molecular weight is 176 g/mol. The van der Waals surface area contributed by atoms with Gasteiger partial charge in [0.05, 0.1) is 5.71 Å². The topological polar surface area (TPSA) is 36.2 Å².